The molecule has 2 N–H and O–H groups in total. The molecule has 1 aromatic heterocycles. The van der Waals surface area contributed by atoms with Crippen molar-refractivity contribution in [2.75, 3.05) is 25.9 Å². The monoisotopic (exact) mass is 587 g/mol. The van der Waals surface area contributed by atoms with Crippen LogP contribution in [0.3, 0.4) is 0 Å². The zero-order chi connectivity index (χ0) is 29.7. The number of hydrogen-bond donors (Lipinski definition) is 2. The number of phenolic OH excluding ortho intramolecular Hbond substituents is 1. The van der Waals surface area contributed by atoms with E-state index in [0.717, 1.165) is 0 Å². The number of phenols is 1. The lowest BCUT2D eigenvalue weighted by Crippen LogP contribution is -2.29. The van der Waals surface area contributed by atoms with Gasteiger partial charge in [0, 0.05) is 36.8 Å². The molecular formula is C28H31FN3O8P. The molecule has 1 aliphatic heterocycles. The molecule has 3 aromatic rings. The largest absolute Gasteiger partial charge is 0.505 e. The summed E-state index contributed by atoms with van der Waals surface area (Å²) in [5.74, 6) is -2.51. The van der Waals surface area contributed by atoms with Gasteiger partial charge in [0.05, 0.1) is 30.5 Å². The first-order valence-electron chi connectivity index (χ1n) is 13.1. The summed E-state index contributed by atoms with van der Waals surface area (Å²) in [5, 5.41) is 14.0. The Morgan fingerprint density at radius 1 is 1.20 bits per heavy atom. The van der Waals surface area contributed by atoms with Crippen LogP contribution in [0, 0.1) is 5.82 Å². The number of carbonyl (C=O) groups is 3. The van der Waals surface area contributed by atoms with Crippen molar-refractivity contribution in [3.05, 3.63) is 70.7 Å². The maximum Gasteiger partial charge on any atom is 0.335 e. The second kappa shape index (κ2) is 12.8. The fraction of sp³-hybridized carbons (Fsp3) is 0.357. The fourth-order valence-corrected chi connectivity index (χ4v) is 6.28. The van der Waals surface area contributed by atoms with Crippen LogP contribution in [0.25, 0.3) is 10.9 Å². The SMILES string of the molecule is CCOC(=O)[C@H](C)OP(=O)(CCNC(=O)c1c2c(c(O)c3ncccc13)C(=O)N(Cc1ccc(F)cc1)C2)OCC. The van der Waals surface area contributed by atoms with E-state index in [1.807, 2.05) is 0 Å². The predicted molar refractivity (Wildman–Crippen MR) is 147 cm³/mol. The normalized spacial score (nSPS) is 14.9. The average Bonchev–Trinajstić information content (AvgIpc) is 3.25. The van der Waals surface area contributed by atoms with E-state index in [0.29, 0.717) is 16.5 Å². The highest BCUT2D eigenvalue weighted by molar-refractivity contribution is 7.53. The van der Waals surface area contributed by atoms with Crippen LogP contribution in [-0.4, -0.2) is 64.8 Å². The average molecular weight is 588 g/mol. The Hall–Kier alpha value is -3.86. The number of carbonyl (C=O) groups excluding carboxylic acids is 3. The predicted octanol–water partition coefficient (Wildman–Crippen LogP) is 4.16. The van der Waals surface area contributed by atoms with Crippen LogP contribution in [0.5, 0.6) is 5.75 Å². The molecule has 0 saturated carbocycles. The number of fused-ring (bicyclic) bond motifs is 2. The molecule has 1 aliphatic rings. The molecule has 0 bridgehead atoms. The minimum Gasteiger partial charge on any atom is -0.505 e. The molecule has 0 fully saturated rings. The molecule has 41 heavy (non-hydrogen) atoms. The second-order valence-electron chi connectivity index (χ2n) is 9.27. The molecule has 1 unspecified atom stereocenters. The molecule has 2 atom stereocenters. The summed E-state index contributed by atoms with van der Waals surface area (Å²) in [6.45, 7) is 4.84. The van der Waals surface area contributed by atoms with Gasteiger partial charge in [-0.1, -0.05) is 18.2 Å². The second-order valence-corrected chi connectivity index (χ2v) is 11.4. The van der Waals surface area contributed by atoms with Crippen LogP contribution in [0.1, 0.15) is 52.6 Å². The number of halogens is 1. The molecular weight excluding hydrogens is 556 g/mol. The maximum absolute atomic E-state index is 13.6. The van der Waals surface area contributed by atoms with Crippen LogP contribution < -0.4 is 5.32 Å². The van der Waals surface area contributed by atoms with E-state index in [1.165, 1.54) is 30.2 Å². The van der Waals surface area contributed by atoms with Gasteiger partial charge < -0.3 is 24.6 Å². The minimum absolute atomic E-state index is 0.0182. The van der Waals surface area contributed by atoms with Gasteiger partial charge in [0.1, 0.15) is 11.3 Å². The lowest BCUT2D eigenvalue weighted by Gasteiger charge is -2.21. The minimum atomic E-state index is -3.79. The fourth-order valence-electron chi connectivity index (χ4n) is 4.63. The molecule has 218 valence electrons. The summed E-state index contributed by atoms with van der Waals surface area (Å²) in [4.78, 5) is 44.5. The maximum atomic E-state index is 13.6. The van der Waals surface area contributed by atoms with Gasteiger partial charge in [-0.25, -0.2) is 9.18 Å². The Morgan fingerprint density at radius 2 is 1.93 bits per heavy atom. The first kappa shape index (κ1) is 30.1. The number of hydrogen-bond acceptors (Lipinski definition) is 9. The Balaban J connectivity index is 1.58. The highest BCUT2D eigenvalue weighted by atomic mass is 31.2. The summed E-state index contributed by atoms with van der Waals surface area (Å²) in [6.07, 6.45) is 0.0609. The van der Waals surface area contributed by atoms with Gasteiger partial charge in [0.15, 0.2) is 11.9 Å². The molecule has 0 spiro atoms. The van der Waals surface area contributed by atoms with Crippen molar-refractivity contribution in [3.63, 3.8) is 0 Å². The van der Waals surface area contributed by atoms with E-state index in [9.17, 15) is 28.4 Å². The Labute approximate surface area is 236 Å². The summed E-state index contributed by atoms with van der Waals surface area (Å²) < 4.78 is 42.3. The van der Waals surface area contributed by atoms with Gasteiger partial charge in [-0.15, -0.1) is 0 Å². The Morgan fingerprint density at radius 3 is 2.61 bits per heavy atom. The first-order chi connectivity index (χ1) is 19.6. The van der Waals surface area contributed by atoms with Crippen molar-refractivity contribution < 1.29 is 42.2 Å². The number of nitrogens with zero attached hydrogens (tertiary/aromatic N) is 2. The van der Waals surface area contributed by atoms with Gasteiger partial charge in [-0.3, -0.25) is 23.7 Å². The van der Waals surface area contributed by atoms with Gasteiger partial charge in [-0.2, -0.15) is 0 Å². The molecule has 0 saturated heterocycles. The van der Waals surface area contributed by atoms with Gasteiger partial charge in [-0.05, 0) is 44.5 Å². The van der Waals surface area contributed by atoms with Crippen molar-refractivity contribution in [2.45, 2.75) is 40.0 Å². The summed E-state index contributed by atoms with van der Waals surface area (Å²) in [5.41, 5.74) is 1.18. The van der Waals surface area contributed by atoms with E-state index in [-0.39, 0.29) is 61.4 Å². The number of pyridine rings is 1. The third kappa shape index (κ3) is 6.56. The molecule has 11 nitrogen and oxygen atoms in total. The summed E-state index contributed by atoms with van der Waals surface area (Å²) in [7, 11) is -3.79. The van der Waals surface area contributed by atoms with Crippen molar-refractivity contribution in [1.29, 1.82) is 0 Å². The molecule has 2 aromatic carbocycles. The number of esters is 1. The molecule has 2 heterocycles. The van der Waals surface area contributed by atoms with Crippen molar-refractivity contribution in [1.82, 2.24) is 15.2 Å². The third-order valence-corrected chi connectivity index (χ3v) is 8.50. The first-order valence-corrected chi connectivity index (χ1v) is 14.8. The van der Waals surface area contributed by atoms with Gasteiger partial charge >= 0.3 is 13.6 Å². The van der Waals surface area contributed by atoms with Crippen LogP contribution >= 0.6 is 7.60 Å². The molecule has 0 radical (unpaired) electrons. The van der Waals surface area contributed by atoms with E-state index >= 15 is 0 Å². The van der Waals surface area contributed by atoms with Crippen LogP contribution in [0.4, 0.5) is 4.39 Å². The summed E-state index contributed by atoms with van der Waals surface area (Å²) >= 11 is 0. The molecule has 13 heteroatoms. The van der Waals surface area contributed by atoms with Crippen LogP contribution in [-0.2, 0) is 36.2 Å². The molecule has 2 amide bonds. The zero-order valence-electron chi connectivity index (χ0n) is 22.9. The Kier molecular flexibility index (Phi) is 9.37. The van der Waals surface area contributed by atoms with E-state index in [4.69, 9.17) is 13.8 Å². The van der Waals surface area contributed by atoms with E-state index < -0.39 is 37.3 Å². The number of benzene rings is 2. The van der Waals surface area contributed by atoms with Gasteiger partial charge in [0.25, 0.3) is 11.8 Å². The van der Waals surface area contributed by atoms with Crippen molar-refractivity contribution >= 4 is 36.3 Å². The van der Waals surface area contributed by atoms with E-state index in [2.05, 4.69) is 10.3 Å². The lowest BCUT2D eigenvalue weighted by atomic mass is 9.96. The number of amides is 2. The third-order valence-electron chi connectivity index (χ3n) is 6.44. The quantitative estimate of drug-likeness (QED) is 0.236. The topological polar surface area (TPSA) is 144 Å². The highest BCUT2D eigenvalue weighted by Gasteiger charge is 2.37. The van der Waals surface area contributed by atoms with E-state index in [1.54, 1.807) is 38.1 Å². The molecule has 4 rings (SSSR count). The van der Waals surface area contributed by atoms with Crippen LogP contribution in [0.2, 0.25) is 0 Å². The zero-order valence-corrected chi connectivity index (χ0v) is 23.8. The Bertz CT molecular complexity index is 1510. The number of aromatic nitrogens is 1. The highest BCUT2D eigenvalue weighted by Crippen LogP contribution is 2.49. The number of aromatic hydroxyl groups is 1. The van der Waals surface area contributed by atoms with Crippen molar-refractivity contribution in [2.24, 2.45) is 0 Å². The van der Waals surface area contributed by atoms with Crippen LogP contribution in [0.15, 0.2) is 42.6 Å². The summed E-state index contributed by atoms with van der Waals surface area (Å²) in [6, 6.07) is 8.90. The van der Waals surface area contributed by atoms with Crippen molar-refractivity contribution in [3.8, 4) is 5.75 Å². The standard InChI is InChI=1S/C28H31FN3O8P/c1-4-38-28(36)17(3)40-41(37,39-5-2)14-13-31-26(34)22-20-7-6-12-30-24(20)25(33)23-21(22)16-32(27(23)35)15-18-8-10-19(29)11-9-18/h6-12,17,33H,4-5,13-16H2,1-3H3,(H,31,34)/t17-,41?/m0/s1. The number of rotatable bonds is 12. The number of ether oxygens (including phenoxy) is 1. The smallest absolute Gasteiger partial charge is 0.335 e. The molecule has 0 aliphatic carbocycles. The lowest BCUT2D eigenvalue weighted by molar-refractivity contribution is -0.150. The van der Waals surface area contributed by atoms with Gasteiger partial charge in [0.2, 0.25) is 0 Å². The number of nitrogens with one attached hydrogen (secondary N) is 1.